The van der Waals surface area contributed by atoms with Crippen molar-refractivity contribution in [3.05, 3.63) is 54.0 Å². The second-order valence-electron chi connectivity index (χ2n) is 7.04. The number of amides is 1. The van der Waals surface area contributed by atoms with Crippen LogP contribution >= 0.6 is 11.8 Å². The summed E-state index contributed by atoms with van der Waals surface area (Å²) in [5, 5.41) is 16.6. The summed E-state index contributed by atoms with van der Waals surface area (Å²) in [4.78, 5) is 12.5. The molecular formula is C20H24N6OS. The Kier molecular flexibility index (Phi) is 5.76. The molecule has 28 heavy (non-hydrogen) atoms. The van der Waals surface area contributed by atoms with Crippen molar-refractivity contribution in [2.75, 3.05) is 11.1 Å². The molecule has 0 aliphatic heterocycles. The highest BCUT2D eigenvalue weighted by molar-refractivity contribution is 7.99. The van der Waals surface area contributed by atoms with Crippen LogP contribution in [0.25, 0.3) is 0 Å². The Hall–Kier alpha value is -2.61. The van der Waals surface area contributed by atoms with Gasteiger partial charge in [0.15, 0.2) is 5.16 Å². The van der Waals surface area contributed by atoms with E-state index in [9.17, 15) is 4.79 Å². The van der Waals surface area contributed by atoms with Crippen LogP contribution in [-0.2, 0) is 11.3 Å². The number of anilines is 1. The monoisotopic (exact) mass is 396 g/mol. The maximum atomic E-state index is 12.5. The van der Waals surface area contributed by atoms with Crippen LogP contribution in [0.2, 0.25) is 0 Å². The summed E-state index contributed by atoms with van der Waals surface area (Å²) in [6.45, 7) is 2.62. The molecule has 0 unspecified atom stereocenters. The molecule has 4 rings (SSSR count). The van der Waals surface area contributed by atoms with E-state index in [1.165, 1.54) is 30.2 Å². The van der Waals surface area contributed by atoms with Gasteiger partial charge in [0.2, 0.25) is 5.91 Å². The SMILES string of the molecule is Cc1nnc(SCC(=O)Nc2ccnn2C2CCCC2)n1Cc1ccccc1. The molecule has 0 radical (unpaired) electrons. The van der Waals surface area contributed by atoms with E-state index in [1.807, 2.05) is 40.4 Å². The molecule has 0 saturated heterocycles. The van der Waals surface area contributed by atoms with Crippen molar-refractivity contribution in [1.29, 1.82) is 0 Å². The number of hydrogen-bond donors (Lipinski definition) is 1. The second kappa shape index (κ2) is 8.60. The normalized spacial score (nSPS) is 14.5. The molecule has 2 heterocycles. The fourth-order valence-corrected chi connectivity index (χ4v) is 4.36. The van der Waals surface area contributed by atoms with Gasteiger partial charge in [-0.2, -0.15) is 5.10 Å². The molecule has 0 atom stereocenters. The van der Waals surface area contributed by atoms with Gasteiger partial charge >= 0.3 is 0 Å². The molecule has 1 aliphatic carbocycles. The molecule has 1 aliphatic rings. The minimum atomic E-state index is -0.0586. The summed E-state index contributed by atoms with van der Waals surface area (Å²) in [7, 11) is 0. The lowest BCUT2D eigenvalue weighted by Gasteiger charge is -2.14. The van der Waals surface area contributed by atoms with E-state index in [2.05, 4.69) is 32.7 Å². The molecule has 0 spiro atoms. The van der Waals surface area contributed by atoms with Crippen molar-refractivity contribution < 1.29 is 4.79 Å². The lowest BCUT2D eigenvalue weighted by molar-refractivity contribution is -0.113. The third-order valence-corrected chi connectivity index (χ3v) is 5.99. The Morgan fingerprint density at radius 3 is 2.75 bits per heavy atom. The lowest BCUT2D eigenvalue weighted by Crippen LogP contribution is -2.19. The first kappa shape index (κ1) is 18.7. The smallest absolute Gasteiger partial charge is 0.235 e. The first-order chi connectivity index (χ1) is 13.7. The average molecular weight is 397 g/mol. The average Bonchev–Trinajstić information content (AvgIpc) is 3.44. The van der Waals surface area contributed by atoms with E-state index in [4.69, 9.17) is 0 Å². The second-order valence-corrected chi connectivity index (χ2v) is 7.98. The number of aryl methyl sites for hydroxylation is 1. The first-order valence-corrected chi connectivity index (χ1v) is 10.6. The Balaban J connectivity index is 1.37. The highest BCUT2D eigenvalue weighted by Crippen LogP contribution is 2.31. The number of nitrogens with one attached hydrogen (secondary N) is 1. The summed E-state index contributed by atoms with van der Waals surface area (Å²) >= 11 is 1.40. The standard InChI is InChI=1S/C20H24N6OS/c1-15-23-24-20(25(15)13-16-7-3-2-4-8-16)28-14-19(27)22-18-11-12-21-26(18)17-9-5-6-10-17/h2-4,7-8,11-12,17H,5-6,9-10,13-14H2,1H3,(H,22,27). The number of carbonyl (C=O) groups is 1. The van der Waals surface area contributed by atoms with Gasteiger partial charge in [-0.3, -0.25) is 4.79 Å². The Morgan fingerprint density at radius 2 is 1.96 bits per heavy atom. The number of thioether (sulfide) groups is 1. The number of aromatic nitrogens is 5. The van der Waals surface area contributed by atoms with Gasteiger partial charge in [0, 0.05) is 6.07 Å². The number of hydrogen-bond acceptors (Lipinski definition) is 5. The molecular weight excluding hydrogens is 372 g/mol. The molecule has 1 N–H and O–H groups in total. The van der Waals surface area contributed by atoms with Crippen LogP contribution in [0, 0.1) is 6.92 Å². The predicted octanol–water partition coefficient (Wildman–Crippen LogP) is 3.68. The van der Waals surface area contributed by atoms with E-state index in [1.54, 1.807) is 6.20 Å². The van der Waals surface area contributed by atoms with Gasteiger partial charge in [0.1, 0.15) is 11.6 Å². The lowest BCUT2D eigenvalue weighted by atomic mass is 10.2. The zero-order valence-corrected chi connectivity index (χ0v) is 16.7. The number of rotatable bonds is 7. The van der Waals surface area contributed by atoms with Crippen LogP contribution in [0.15, 0.2) is 47.8 Å². The summed E-state index contributed by atoms with van der Waals surface area (Å²) in [5.41, 5.74) is 1.18. The van der Waals surface area contributed by atoms with E-state index in [0.717, 1.165) is 29.6 Å². The molecule has 1 fully saturated rings. The number of carbonyl (C=O) groups excluding carboxylic acids is 1. The molecule has 1 aromatic carbocycles. The minimum Gasteiger partial charge on any atom is -0.310 e. The third kappa shape index (κ3) is 4.27. The Bertz CT molecular complexity index is 929. The summed E-state index contributed by atoms with van der Waals surface area (Å²) in [6, 6.07) is 12.4. The quantitative estimate of drug-likeness (QED) is 0.617. The zero-order valence-electron chi connectivity index (χ0n) is 15.9. The van der Waals surface area contributed by atoms with Crippen molar-refractivity contribution in [2.24, 2.45) is 0 Å². The summed E-state index contributed by atoms with van der Waals surface area (Å²) in [6.07, 6.45) is 6.46. The molecule has 3 aromatic rings. The largest absolute Gasteiger partial charge is 0.310 e. The first-order valence-electron chi connectivity index (χ1n) is 9.60. The maximum Gasteiger partial charge on any atom is 0.235 e. The Morgan fingerprint density at radius 1 is 1.18 bits per heavy atom. The highest BCUT2D eigenvalue weighted by Gasteiger charge is 2.21. The van der Waals surface area contributed by atoms with Gasteiger partial charge in [-0.05, 0) is 25.3 Å². The van der Waals surface area contributed by atoms with E-state index >= 15 is 0 Å². The van der Waals surface area contributed by atoms with Crippen LogP contribution < -0.4 is 5.32 Å². The van der Waals surface area contributed by atoms with Crippen molar-refractivity contribution >= 4 is 23.5 Å². The van der Waals surface area contributed by atoms with E-state index in [0.29, 0.717) is 12.6 Å². The van der Waals surface area contributed by atoms with Crippen molar-refractivity contribution in [3.8, 4) is 0 Å². The maximum absolute atomic E-state index is 12.5. The third-order valence-electron chi connectivity index (χ3n) is 5.03. The van der Waals surface area contributed by atoms with Gasteiger partial charge in [-0.15, -0.1) is 10.2 Å². The van der Waals surface area contributed by atoms with Crippen molar-refractivity contribution in [3.63, 3.8) is 0 Å². The van der Waals surface area contributed by atoms with E-state index in [-0.39, 0.29) is 11.7 Å². The molecule has 8 heteroatoms. The Labute approximate surface area is 168 Å². The van der Waals surface area contributed by atoms with Crippen LogP contribution in [-0.4, -0.2) is 36.2 Å². The fraction of sp³-hybridized carbons (Fsp3) is 0.400. The van der Waals surface area contributed by atoms with Gasteiger partial charge in [0.05, 0.1) is 24.5 Å². The van der Waals surface area contributed by atoms with E-state index < -0.39 is 0 Å². The summed E-state index contributed by atoms with van der Waals surface area (Å²) in [5.74, 6) is 1.84. The van der Waals surface area contributed by atoms with Gasteiger partial charge in [-0.1, -0.05) is 54.9 Å². The molecule has 1 saturated carbocycles. The predicted molar refractivity (Wildman–Crippen MR) is 109 cm³/mol. The van der Waals surface area contributed by atoms with Crippen molar-refractivity contribution in [2.45, 2.75) is 50.4 Å². The number of nitrogens with zero attached hydrogens (tertiary/aromatic N) is 5. The fourth-order valence-electron chi connectivity index (χ4n) is 3.58. The van der Waals surface area contributed by atoms with Crippen LogP contribution in [0.5, 0.6) is 0 Å². The molecule has 146 valence electrons. The zero-order chi connectivity index (χ0) is 19.3. The molecule has 2 aromatic heterocycles. The van der Waals surface area contributed by atoms with Crippen LogP contribution in [0.3, 0.4) is 0 Å². The van der Waals surface area contributed by atoms with Gasteiger partial charge in [0.25, 0.3) is 0 Å². The topological polar surface area (TPSA) is 77.6 Å². The molecule has 1 amide bonds. The van der Waals surface area contributed by atoms with Gasteiger partial charge in [-0.25, -0.2) is 4.68 Å². The van der Waals surface area contributed by atoms with Crippen LogP contribution in [0.1, 0.15) is 43.1 Å². The summed E-state index contributed by atoms with van der Waals surface area (Å²) < 4.78 is 3.99. The number of benzene rings is 1. The molecule has 0 bridgehead atoms. The van der Waals surface area contributed by atoms with Crippen LogP contribution in [0.4, 0.5) is 5.82 Å². The van der Waals surface area contributed by atoms with Gasteiger partial charge < -0.3 is 9.88 Å². The molecule has 7 nitrogen and oxygen atoms in total. The van der Waals surface area contributed by atoms with Crippen molar-refractivity contribution in [1.82, 2.24) is 24.5 Å². The highest BCUT2D eigenvalue weighted by atomic mass is 32.2. The minimum absolute atomic E-state index is 0.0586.